The molecule has 0 radical (unpaired) electrons. The van der Waals surface area contributed by atoms with Gasteiger partial charge in [0.05, 0.1) is 0 Å². The van der Waals surface area contributed by atoms with Crippen LogP contribution < -0.4 is 9.47 Å². The van der Waals surface area contributed by atoms with Crippen molar-refractivity contribution in [2.24, 2.45) is 0 Å². The van der Waals surface area contributed by atoms with Crippen LogP contribution in [0.2, 0.25) is 0 Å². The number of carbonyl (C=O) groups is 2. The third-order valence-corrected chi connectivity index (χ3v) is 4.69. The summed E-state index contributed by atoms with van der Waals surface area (Å²) < 4.78 is 131. The Kier molecular flexibility index (Phi) is 9.23. The van der Waals surface area contributed by atoms with Crippen molar-refractivity contribution in [3.8, 4) is 11.8 Å². The average molecular weight is 582 g/mol. The number of carboxylic acid groups (broad SMARTS) is 2. The van der Waals surface area contributed by atoms with Gasteiger partial charge < -0.3 is 19.7 Å². The molecule has 0 saturated heterocycles. The molecule has 0 spiro atoms. The molecule has 2 N–H and O–H groups in total. The van der Waals surface area contributed by atoms with E-state index < -0.39 is 72.5 Å². The fraction of sp³-hybridized carbons (Fsp3) is 0.429. The van der Waals surface area contributed by atoms with E-state index in [-0.39, 0.29) is 5.92 Å². The molecule has 0 amide bonds. The van der Waals surface area contributed by atoms with E-state index in [1.165, 1.54) is 6.07 Å². The standard InChI is InChI=1S/C12H10F5NO3.C9H6F5NO3/c13-11(14,12(15,16)17)5-21-9-7(6-1-2-6)3-4-8(18-9)10(19)20;10-8(11,9(12,13)14)4-18-6-3-1-2-5(15-6)7(16)17/h3-4,6H,1-2,5H2,(H,19,20);1-3H,4H2,(H,16,17). The lowest BCUT2D eigenvalue weighted by Crippen LogP contribution is -2.42. The van der Waals surface area contributed by atoms with Gasteiger partial charge in [-0.25, -0.2) is 19.6 Å². The largest absolute Gasteiger partial charge is 0.477 e. The zero-order chi connectivity index (χ0) is 29.8. The number of alkyl halides is 10. The van der Waals surface area contributed by atoms with Crippen molar-refractivity contribution >= 4 is 11.9 Å². The number of pyridine rings is 2. The number of hydrogen-bond donors (Lipinski definition) is 2. The molecule has 0 aliphatic heterocycles. The lowest BCUT2D eigenvalue weighted by Gasteiger charge is -2.20. The molecule has 2 aromatic heterocycles. The van der Waals surface area contributed by atoms with Crippen LogP contribution in [0.3, 0.4) is 0 Å². The van der Waals surface area contributed by atoms with E-state index in [1.807, 2.05) is 0 Å². The van der Waals surface area contributed by atoms with Crippen LogP contribution in [0, 0.1) is 0 Å². The monoisotopic (exact) mass is 582 g/mol. The molecule has 3 rings (SSSR count). The Labute approximate surface area is 211 Å². The van der Waals surface area contributed by atoms with Crippen LogP contribution in [-0.2, 0) is 0 Å². The van der Waals surface area contributed by atoms with Crippen molar-refractivity contribution in [2.75, 3.05) is 13.2 Å². The molecule has 8 nitrogen and oxygen atoms in total. The van der Waals surface area contributed by atoms with E-state index in [9.17, 15) is 53.5 Å². The molecule has 0 unspecified atom stereocenters. The summed E-state index contributed by atoms with van der Waals surface area (Å²) in [4.78, 5) is 28.0. The predicted molar refractivity (Wildman–Crippen MR) is 107 cm³/mol. The SMILES string of the molecule is O=C(O)c1ccc(C2CC2)c(OCC(F)(F)C(F)(F)F)n1.O=C(O)c1cccc(OCC(F)(F)C(F)(F)F)n1. The normalized spacial score (nSPS) is 14.2. The Morgan fingerprint density at radius 2 is 1.23 bits per heavy atom. The quantitative estimate of drug-likeness (QED) is 0.368. The van der Waals surface area contributed by atoms with Gasteiger partial charge in [0.2, 0.25) is 11.8 Å². The molecule has 1 aliphatic carbocycles. The minimum Gasteiger partial charge on any atom is -0.477 e. The second-order valence-corrected chi connectivity index (χ2v) is 7.82. The lowest BCUT2D eigenvalue weighted by atomic mass is 10.1. The summed E-state index contributed by atoms with van der Waals surface area (Å²) in [5, 5.41) is 17.3. The highest BCUT2D eigenvalue weighted by atomic mass is 19.4. The molecule has 18 heteroatoms. The molecular formula is C21H16F10N2O6. The summed E-state index contributed by atoms with van der Waals surface area (Å²) in [5.74, 6) is -14.1. The van der Waals surface area contributed by atoms with Crippen molar-refractivity contribution in [2.45, 2.75) is 43.0 Å². The Morgan fingerprint density at radius 3 is 1.69 bits per heavy atom. The van der Waals surface area contributed by atoms with Crippen LogP contribution >= 0.6 is 0 Å². The van der Waals surface area contributed by atoms with Crippen molar-refractivity contribution in [1.29, 1.82) is 0 Å². The van der Waals surface area contributed by atoms with E-state index in [2.05, 4.69) is 19.4 Å². The van der Waals surface area contributed by atoms with E-state index in [0.717, 1.165) is 37.1 Å². The van der Waals surface area contributed by atoms with Gasteiger partial charge in [-0.2, -0.15) is 43.9 Å². The van der Waals surface area contributed by atoms with Gasteiger partial charge in [-0.05, 0) is 30.9 Å². The van der Waals surface area contributed by atoms with Gasteiger partial charge in [0, 0.05) is 11.6 Å². The molecule has 0 bridgehead atoms. The first-order valence-electron chi connectivity index (χ1n) is 10.3. The minimum atomic E-state index is -5.74. The van der Waals surface area contributed by atoms with Crippen LogP contribution in [0.5, 0.6) is 11.8 Å². The van der Waals surface area contributed by atoms with E-state index in [0.29, 0.717) is 5.56 Å². The number of carboxylic acids is 2. The van der Waals surface area contributed by atoms with E-state index in [1.54, 1.807) is 0 Å². The predicted octanol–water partition coefficient (Wildman–Crippen LogP) is 5.59. The average Bonchev–Trinajstić information content (AvgIpc) is 3.66. The Hall–Kier alpha value is -3.86. The van der Waals surface area contributed by atoms with Gasteiger partial charge in [0.15, 0.2) is 24.6 Å². The number of halogens is 10. The fourth-order valence-electron chi connectivity index (χ4n) is 2.49. The smallest absolute Gasteiger partial charge is 0.456 e. The highest BCUT2D eigenvalue weighted by Crippen LogP contribution is 2.44. The number of nitrogens with zero attached hydrogens (tertiary/aromatic N) is 2. The van der Waals surface area contributed by atoms with Gasteiger partial charge in [-0.1, -0.05) is 12.1 Å². The molecule has 39 heavy (non-hydrogen) atoms. The summed E-state index contributed by atoms with van der Waals surface area (Å²) >= 11 is 0. The minimum absolute atomic E-state index is 0.0464. The van der Waals surface area contributed by atoms with Crippen LogP contribution in [0.25, 0.3) is 0 Å². The molecule has 0 aromatic carbocycles. The number of hydrogen-bond acceptors (Lipinski definition) is 6. The second-order valence-electron chi connectivity index (χ2n) is 7.82. The molecule has 2 aromatic rings. The fourth-order valence-corrected chi connectivity index (χ4v) is 2.49. The van der Waals surface area contributed by atoms with Crippen LogP contribution in [-0.4, -0.2) is 69.5 Å². The maximum absolute atomic E-state index is 12.8. The van der Waals surface area contributed by atoms with Gasteiger partial charge >= 0.3 is 36.1 Å². The summed E-state index contributed by atoms with van der Waals surface area (Å²) in [6.45, 7) is -3.90. The maximum atomic E-state index is 12.8. The van der Waals surface area contributed by atoms with Crippen molar-refractivity contribution < 1.29 is 73.2 Å². The summed E-state index contributed by atoms with van der Waals surface area (Å²) in [7, 11) is 0. The zero-order valence-electron chi connectivity index (χ0n) is 19.0. The summed E-state index contributed by atoms with van der Waals surface area (Å²) in [5.41, 5.74) is -0.662. The molecule has 2 heterocycles. The molecule has 1 fully saturated rings. The topological polar surface area (TPSA) is 119 Å². The third-order valence-electron chi connectivity index (χ3n) is 4.69. The van der Waals surface area contributed by atoms with Gasteiger partial charge in [-0.15, -0.1) is 0 Å². The number of ether oxygens (including phenoxy) is 2. The molecule has 216 valence electrons. The van der Waals surface area contributed by atoms with Crippen LogP contribution in [0.4, 0.5) is 43.9 Å². The maximum Gasteiger partial charge on any atom is 0.456 e. The van der Waals surface area contributed by atoms with E-state index >= 15 is 0 Å². The van der Waals surface area contributed by atoms with Gasteiger partial charge in [0.1, 0.15) is 0 Å². The molecule has 0 atom stereocenters. The zero-order valence-corrected chi connectivity index (χ0v) is 19.0. The first-order valence-corrected chi connectivity index (χ1v) is 10.3. The summed E-state index contributed by atoms with van der Waals surface area (Å²) in [6.07, 6.45) is -10.0. The van der Waals surface area contributed by atoms with Gasteiger partial charge in [-0.3, -0.25) is 0 Å². The van der Waals surface area contributed by atoms with Crippen LogP contribution in [0.15, 0.2) is 30.3 Å². The van der Waals surface area contributed by atoms with Crippen LogP contribution in [0.1, 0.15) is 45.3 Å². The Bertz CT molecular complexity index is 1180. The summed E-state index contributed by atoms with van der Waals surface area (Å²) in [6, 6.07) is 5.60. The van der Waals surface area contributed by atoms with Crippen molar-refractivity contribution in [3.63, 3.8) is 0 Å². The lowest BCUT2D eigenvalue weighted by molar-refractivity contribution is -0.290. The molecule has 1 aliphatic rings. The Morgan fingerprint density at radius 1 is 0.744 bits per heavy atom. The number of aromatic carboxylic acids is 2. The Balaban J connectivity index is 0.000000277. The second kappa shape index (κ2) is 11.5. The molecule has 1 saturated carbocycles. The van der Waals surface area contributed by atoms with E-state index in [4.69, 9.17) is 10.2 Å². The molecular weight excluding hydrogens is 566 g/mol. The van der Waals surface area contributed by atoms with Crippen molar-refractivity contribution in [3.05, 3.63) is 47.3 Å². The highest BCUT2D eigenvalue weighted by molar-refractivity contribution is 5.85. The highest BCUT2D eigenvalue weighted by Gasteiger charge is 2.59. The number of rotatable bonds is 9. The first kappa shape index (κ1) is 31.4. The third kappa shape index (κ3) is 8.57. The number of aromatic nitrogens is 2. The van der Waals surface area contributed by atoms with Gasteiger partial charge in [0.25, 0.3) is 0 Å². The first-order chi connectivity index (χ1) is 17.7. The van der Waals surface area contributed by atoms with Crippen molar-refractivity contribution in [1.82, 2.24) is 9.97 Å².